The van der Waals surface area contributed by atoms with Gasteiger partial charge in [0.2, 0.25) is 0 Å². The molecule has 20 heavy (non-hydrogen) atoms. The molecule has 1 atom stereocenters. The van der Waals surface area contributed by atoms with Crippen LogP contribution in [0.1, 0.15) is 23.8 Å². The van der Waals surface area contributed by atoms with Crippen molar-refractivity contribution in [1.29, 1.82) is 0 Å². The number of amides is 1. The summed E-state index contributed by atoms with van der Waals surface area (Å²) in [5.41, 5.74) is 0.737. The number of aliphatic hydroxyl groups is 1. The normalized spacial score (nSPS) is 12.3. The number of pyridine rings is 1. The molecule has 5 heteroatoms. The van der Waals surface area contributed by atoms with Crippen molar-refractivity contribution in [3.8, 4) is 0 Å². The smallest absolute Gasteiger partial charge is 0.270 e. The van der Waals surface area contributed by atoms with Gasteiger partial charge in [-0.2, -0.15) is 0 Å². The van der Waals surface area contributed by atoms with E-state index in [1.807, 2.05) is 6.07 Å². The van der Waals surface area contributed by atoms with Gasteiger partial charge in [0, 0.05) is 30.6 Å². The first-order valence-corrected chi connectivity index (χ1v) is 6.54. The van der Waals surface area contributed by atoms with E-state index in [2.05, 4.69) is 4.98 Å². The van der Waals surface area contributed by atoms with Crippen molar-refractivity contribution in [2.75, 3.05) is 13.6 Å². The number of nitrogens with one attached hydrogen (secondary N) is 1. The molecule has 0 spiro atoms. The van der Waals surface area contributed by atoms with Crippen molar-refractivity contribution in [2.24, 2.45) is 0 Å². The molecule has 1 heterocycles. The maximum Gasteiger partial charge on any atom is 0.270 e. The highest BCUT2D eigenvalue weighted by Gasteiger charge is 2.14. The highest BCUT2D eigenvalue weighted by molar-refractivity contribution is 5.94. The Morgan fingerprint density at radius 2 is 2.10 bits per heavy atom. The maximum absolute atomic E-state index is 12.2. The van der Waals surface area contributed by atoms with Crippen LogP contribution in [0.15, 0.2) is 35.1 Å². The van der Waals surface area contributed by atoms with Crippen LogP contribution in [-0.2, 0) is 0 Å². The molecule has 1 unspecified atom stereocenters. The summed E-state index contributed by atoms with van der Waals surface area (Å²) in [5.74, 6) is -0.256. The predicted octanol–water partition coefficient (Wildman–Crippen LogP) is 1.37. The van der Waals surface area contributed by atoms with E-state index in [-0.39, 0.29) is 17.0 Å². The molecule has 2 N–H and O–H groups in total. The zero-order valence-electron chi connectivity index (χ0n) is 11.6. The Morgan fingerprint density at radius 3 is 2.80 bits per heavy atom. The van der Waals surface area contributed by atoms with Crippen LogP contribution in [0, 0.1) is 0 Å². The van der Waals surface area contributed by atoms with Gasteiger partial charge in [-0.05, 0) is 25.5 Å². The van der Waals surface area contributed by atoms with E-state index in [0.29, 0.717) is 23.9 Å². The summed E-state index contributed by atoms with van der Waals surface area (Å²) in [6, 6.07) is 8.41. The molecule has 5 nitrogen and oxygen atoms in total. The average Bonchev–Trinajstić information content (AvgIpc) is 2.43. The number of nitrogens with zero attached hydrogens (tertiary/aromatic N) is 1. The molecule has 0 radical (unpaired) electrons. The number of hydrogen-bond acceptors (Lipinski definition) is 3. The molecule has 1 amide bonds. The standard InChI is InChI=1S/C15H18N2O3/c1-10(18)7-8-17(2)15(20)13-9-14(19)11-5-3-4-6-12(11)16-13/h3-6,9-10,18H,7-8H2,1-2H3,(H,16,19). The van der Waals surface area contributed by atoms with E-state index in [1.54, 1.807) is 32.2 Å². The van der Waals surface area contributed by atoms with Gasteiger partial charge in [0.25, 0.3) is 5.91 Å². The molecule has 0 aliphatic rings. The topological polar surface area (TPSA) is 73.4 Å². The minimum atomic E-state index is -0.457. The maximum atomic E-state index is 12.2. The number of aromatic nitrogens is 1. The number of carbonyl (C=O) groups is 1. The van der Waals surface area contributed by atoms with Crippen LogP contribution < -0.4 is 5.43 Å². The third-order valence-corrected chi connectivity index (χ3v) is 3.20. The summed E-state index contributed by atoms with van der Waals surface area (Å²) < 4.78 is 0. The lowest BCUT2D eigenvalue weighted by Gasteiger charge is -2.18. The molecule has 0 bridgehead atoms. The van der Waals surface area contributed by atoms with Crippen molar-refractivity contribution >= 4 is 16.8 Å². The zero-order valence-corrected chi connectivity index (χ0v) is 11.6. The van der Waals surface area contributed by atoms with Gasteiger partial charge in [0.05, 0.1) is 6.10 Å². The Morgan fingerprint density at radius 1 is 1.40 bits per heavy atom. The highest BCUT2D eigenvalue weighted by Crippen LogP contribution is 2.09. The fourth-order valence-electron chi connectivity index (χ4n) is 2.00. The minimum Gasteiger partial charge on any atom is -0.393 e. The van der Waals surface area contributed by atoms with E-state index in [0.717, 1.165) is 0 Å². The number of H-pyrrole nitrogens is 1. The number of carbonyl (C=O) groups excluding carboxylic acids is 1. The van der Waals surface area contributed by atoms with Gasteiger partial charge in [-0.1, -0.05) is 12.1 Å². The Balaban J connectivity index is 2.28. The van der Waals surface area contributed by atoms with E-state index in [4.69, 9.17) is 0 Å². The molecule has 0 aliphatic carbocycles. The molecule has 2 aromatic rings. The van der Waals surface area contributed by atoms with Crippen molar-refractivity contribution in [3.05, 3.63) is 46.2 Å². The number of rotatable bonds is 4. The molecule has 106 valence electrons. The lowest BCUT2D eigenvalue weighted by molar-refractivity contribution is 0.0763. The SMILES string of the molecule is CC(O)CCN(C)C(=O)c1cc(=O)c2ccccc2[nH]1. The molecular formula is C15H18N2O3. The first kappa shape index (κ1) is 14.3. The molecule has 2 rings (SSSR count). The molecule has 1 aromatic heterocycles. The number of aromatic amines is 1. The fraction of sp³-hybridized carbons (Fsp3) is 0.333. The molecule has 1 aromatic carbocycles. The zero-order chi connectivity index (χ0) is 14.7. The minimum absolute atomic E-state index is 0.174. The molecule has 0 fully saturated rings. The van der Waals surface area contributed by atoms with Crippen LogP contribution >= 0.6 is 0 Å². The fourth-order valence-corrected chi connectivity index (χ4v) is 2.00. The second-order valence-electron chi connectivity index (χ2n) is 4.96. The number of benzene rings is 1. The number of para-hydroxylation sites is 1. The van der Waals surface area contributed by atoms with Crippen LogP contribution in [0.5, 0.6) is 0 Å². The number of aliphatic hydroxyl groups excluding tert-OH is 1. The summed E-state index contributed by atoms with van der Waals surface area (Å²) in [4.78, 5) is 28.7. The van der Waals surface area contributed by atoms with Gasteiger partial charge < -0.3 is 15.0 Å². The van der Waals surface area contributed by atoms with Crippen LogP contribution in [0.3, 0.4) is 0 Å². The van der Waals surface area contributed by atoms with Gasteiger partial charge in [-0.15, -0.1) is 0 Å². The first-order chi connectivity index (χ1) is 9.49. The van der Waals surface area contributed by atoms with E-state index >= 15 is 0 Å². The third-order valence-electron chi connectivity index (χ3n) is 3.20. The quantitative estimate of drug-likeness (QED) is 0.884. The van der Waals surface area contributed by atoms with Gasteiger partial charge in [-0.25, -0.2) is 0 Å². The van der Waals surface area contributed by atoms with Crippen LogP contribution in [0.25, 0.3) is 10.9 Å². The Hall–Kier alpha value is -2.14. The molecule has 0 aliphatic heterocycles. The van der Waals surface area contributed by atoms with Crippen molar-refractivity contribution in [2.45, 2.75) is 19.4 Å². The van der Waals surface area contributed by atoms with Gasteiger partial charge >= 0.3 is 0 Å². The molecular weight excluding hydrogens is 256 g/mol. The number of hydrogen-bond donors (Lipinski definition) is 2. The summed E-state index contributed by atoms with van der Waals surface area (Å²) in [6.45, 7) is 2.11. The van der Waals surface area contributed by atoms with Crippen molar-refractivity contribution in [1.82, 2.24) is 9.88 Å². The van der Waals surface area contributed by atoms with Crippen LogP contribution in [0.2, 0.25) is 0 Å². The Labute approximate surface area is 116 Å². The second kappa shape index (κ2) is 5.88. The Bertz CT molecular complexity index is 676. The monoisotopic (exact) mass is 274 g/mol. The largest absolute Gasteiger partial charge is 0.393 e. The summed E-state index contributed by atoms with van der Waals surface area (Å²) in [5, 5.41) is 9.81. The molecule has 0 saturated heterocycles. The number of fused-ring (bicyclic) bond motifs is 1. The van der Waals surface area contributed by atoms with Crippen LogP contribution in [0.4, 0.5) is 0 Å². The van der Waals surface area contributed by atoms with Crippen molar-refractivity contribution < 1.29 is 9.90 Å². The average molecular weight is 274 g/mol. The second-order valence-corrected chi connectivity index (χ2v) is 4.96. The van der Waals surface area contributed by atoms with E-state index in [9.17, 15) is 14.7 Å². The van der Waals surface area contributed by atoms with E-state index in [1.165, 1.54) is 11.0 Å². The summed E-state index contributed by atoms with van der Waals surface area (Å²) >= 11 is 0. The first-order valence-electron chi connectivity index (χ1n) is 6.54. The van der Waals surface area contributed by atoms with Gasteiger partial charge in [0.15, 0.2) is 5.43 Å². The summed E-state index contributed by atoms with van der Waals surface area (Å²) in [7, 11) is 1.65. The van der Waals surface area contributed by atoms with Gasteiger partial charge in [-0.3, -0.25) is 9.59 Å². The lowest BCUT2D eigenvalue weighted by Crippen LogP contribution is -2.30. The third kappa shape index (κ3) is 3.05. The summed E-state index contributed by atoms with van der Waals surface area (Å²) in [6.07, 6.45) is 0.0426. The highest BCUT2D eigenvalue weighted by atomic mass is 16.3. The van der Waals surface area contributed by atoms with Crippen LogP contribution in [-0.4, -0.2) is 40.6 Å². The Kier molecular flexibility index (Phi) is 4.20. The van der Waals surface area contributed by atoms with Gasteiger partial charge in [0.1, 0.15) is 5.69 Å². The predicted molar refractivity (Wildman–Crippen MR) is 77.8 cm³/mol. The molecule has 0 saturated carbocycles. The lowest BCUT2D eigenvalue weighted by atomic mass is 10.2. The van der Waals surface area contributed by atoms with Crippen molar-refractivity contribution in [3.63, 3.8) is 0 Å². The van der Waals surface area contributed by atoms with E-state index < -0.39 is 6.10 Å².